The molecular weight excluding hydrogens is 260 g/mol. The second-order valence-corrected chi connectivity index (χ2v) is 6.23. The number of anilines is 1. The van der Waals surface area contributed by atoms with Crippen molar-refractivity contribution in [2.75, 3.05) is 11.9 Å². The number of nitrogens with zero attached hydrogens (tertiary/aromatic N) is 1. The summed E-state index contributed by atoms with van der Waals surface area (Å²) in [5.41, 5.74) is 0.896. The fraction of sp³-hybridized carbons (Fsp3) is 0.389. The van der Waals surface area contributed by atoms with Crippen LogP contribution in [0.1, 0.15) is 26.7 Å². The Bertz CT molecular complexity index is 641. The Balaban J connectivity index is 1.82. The second-order valence-electron chi connectivity index (χ2n) is 6.23. The molecule has 3 heteroatoms. The minimum absolute atomic E-state index is 0.0301. The maximum atomic E-state index is 12.6. The smallest absolute Gasteiger partial charge is 0.321 e. The quantitative estimate of drug-likeness (QED) is 0.880. The van der Waals surface area contributed by atoms with Gasteiger partial charge in [-0.3, -0.25) is 0 Å². The molecule has 0 spiro atoms. The first-order valence-electron chi connectivity index (χ1n) is 7.70. The summed E-state index contributed by atoms with van der Waals surface area (Å²) in [6.45, 7) is 5.13. The van der Waals surface area contributed by atoms with E-state index in [1.165, 1.54) is 0 Å². The first-order valence-corrected chi connectivity index (χ1v) is 7.70. The lowest BCUT2D eigenvalue weighted by Gasteiger charge is -2.25. The summed E-state index contributed by atoms with van der Waals surface area (Å²) in [7, 11) is 0. The van der Waals surface area contributed by atoms with E-state index in [0.717, 1.165) is 35.8 Å². The predicted octanol–water partition coefficient (Wildman–Crippen LogP) is 4.49. The van der Waals surface area contributed by atoms with Gasteiger partial charge in [0.25, 0.3) is 0 Å². The van der Waals surface area contributed by atoms with Crippen LogP contribution in [0.4, 0.5) is 10.5 Å². The summed E-state index contributed by atoms with van der Waals surface area (Å²) in [5.74, 6) is 0.490. The zero-order valence-electron chi connectivity index (χ0n) is 12.7. The van der Waals surface area contributed by atoms with Gasteiger partial charge >= 0.3 is 6.03 Å². The molecule has 3 rings (SSSR count). The van der Waals surface area contributed by atoms with Crippen LogP contribution in [0.5, 0.6) is 0 Å². The molecule has 0 aliphatic heterocycles. The van der Waals surface area contributed by atoms with Crippen LogP contribution in [-0.4, -0.2) is 23.5 Å². The number of urea groups is 1. The second kappa shape index (κ2) is 5.76. The third-order valence-electron chi connectivity index (χ3n) is 3.84. The Hall–Kier alpha value is -2.03. The minimum atomic E-state index is 0.0301. The van der Waals surface area contributed by atoms with Gasteiger partial charge in [0.05, 0.1) is 5.69 Å². The van der Waals surface area contributed by atoms with Crippen LogP contribution in [0.25, 0.3) is 10.8 Å². The van der Waals surface area contributed by atoms with Crippen molar-refractivity contribution in [2.45, 2.75) is 32.7 Å². The van der Waals surface area contributed by atoms with Crippen molar-refractivity contribution < 1.29 is 4.79 Å². The van der Waals surface area contributed by atoms with E-state index < -0.39 is 0 Å². The van der Waals surface area contributed by atoms with Gasteiger partial charge in [-0.2, -0.15) is 0 Å². The highest BCUT2D eigenvalue weighted by Gasteiger charge is 2.32. The molecule has 1 N–H and O–H groups in total. The van der Waals surface area contributed by atoms with Gasteiger partial charge in [0.2, 0.25) is 0 Å². The number of rotatable bonds is 4. The zero-order valence-corrected chi connectivity index (χ0v) is 12.7. The summed E-state index contributed by atoms with van der Waals surface area (Å²) in [5, 5.41) is 5.34. The molecule has 110 valence electrons. The van der Waals surface area contributed by atoms with Crippen molar-refractivity contribution in [1.82, 2.24) is 4.90 Å². The number of carbonyl (C=O) groups excluding carboxylic acids is 1. The topological polar surface area (TPSA) is 32.3 Å². The van der Waals surface area contributed by atoms with Crippen LogP contribution >= 0.6 is 0 Å². The number of amides is 2. The average Bonchev–Trinajstić information content (AvgIpc) is 3.29. The first kappa shape index (κ1) is 13.9. The normalized spacial score (nSPS) is 14.4. The largest absolute Gasteiger partial charge is 0.322 e. The first-order chi connectivity index (χ1) is 10.1. The summed E-state index contributed by atoms with van der Waals surface area (Å²) in [4.78, 5) is 14.6. The van der Waals surface area contributed by atoms with E-state index >= 15 is 0 Å². The SMILES string of the molecule is CC(C)CN(C(=O)Nc1cccc2ccccc12)C1CC1. The van der Waals surface area contributed by atoms with E-state index in [1.54, 1.807) is 0 Å². The molecule has 0 aromatic heterocycles. The van der Waals surface area contributed by atoms with Gasteiger partial charge in [0.1, 0.15) is 0 Å². The van der Waals surface area contributed by atoms with E-state index in [2.05, 4.69) is 37.4 Å². The molecule has 0 bridgehead atoms. The van der Waals surface area contributed by atoms with Crippen molar-refractivity contribution >= 4 is 22.5 Å². The average molecular weight is 282 g/mol. The van der Waals surface area contributed by atoms with Gasteiger partial charge in [-0.1, -0.05) is 50.2 Å². The van der Waals surface area contributed by atoms with Gasteiger partial charge in [0.15, 0.2) is 0 Å². The number of hydrogen-bond donors (Lipinski definition) is 1. The highest BCUT2D eigenvalue weighted by atomic mass is 16.2. The molecule has 2 aromatic rings. The number of fused-ring (bicyclic) bond motifs is 1. The number of carbonyl (C=O) groups is 1. The van der Waals surface area contributed by atoms with Crippen LogP contribution < -0.4 is 5.32 Å². The Labute approximate surface area is 125 Å². The van der Waals surface area contributed by atoms with Crippen LogP contribution in [-0.2, 0) is 0 Å². The third kappa shape index (κ3) is 3.18. The Morgan fingerprint density at radius 3 is 2.62 bits per heavy atom. The van der Waals surface area contributed by atoms with Gasteiger partial charge in [-0.05, 0) is 30.2 Å². The predicted molar refractivity (Wildman–Crippen MR) is 87.5 cm³/mol. The fourth-order valence-corrected chi connectivity index (χ4v) is 2.70. The van der Waals surface area contributed by atoms with E-state index in [0.29, 0.717) is 12.0 Å². The maximum Gasteiger partial charge on any atom is 0.322 e. The summed E-state index contributed by atoms with van der Waals surface area (Å²) in [6.07, 6.45) is 2.27. The molecule has 1 saturated carbocycles. The van der Waals surface area contributed by atoms with Crippen LogP contribution in [0, 0.1) is 5.92 Å². The lowest BCUT2D eigenvalue weighted by Crippen LogP contribution is -2.39. The van der Waals surface area contributed by atoms with Gasteiger partial charge in [0, 0.05) is 18.0 Å². The monoisotopic (exact) mass is 282 g/mol. The maximum absolute atomic E-state index is 12.6. The molecule has 0 saturated heterocycles. The van der Waals surface area contributed by atoms with Crippen molar-refractivity contribution in [3.05, 3.63) is 42.5 Å². The van der Waals surface area contributed by atoms with E-state index in [9.17, 15) is 4.79 Å². The number of hydrogen-bond acceptors (Lipinski definition) is 1. The van der Waals surface area contributed by atoms with Crippen LogP contribution in [0.15, 0.2) is 42.5 Å². The van der Waals surface area contributed by atoms with Gasteiger partial charge in [-0.15, -0.1) is 0 Å². The van der Waals surface area contributed by atoms with Crippen LogP contribution in [0.3, 0.4) is 0 Å². The highest BCUT2D eigenvalue weighted by Crippen LogP contribution is 2.29. The van der Waals surface area contributed by atoms with Crippen molar-refractivity contribution in [3.8, 4) is 0 Å². The number of benzene rings is 2. The van der Waals surface area contributed by atoms with Crippen molar-refractivity contribution in [3.63, 3.8) is 0 Å². The zero-order chi connectivity index (χ0) is 14.8. The summed E-state index contributed by atoms with van der Waals surface area (Å²) >= 11 is 0. The lowest BCUT2D eigenvalue weighted by molar-refractivity contribution is 0.201. The molecular formula is C18H22N2O. The Morgan fingerprint density at radius 2 is 1.90 bits per heavy atom. The Kier molecular flexibility index (Phi) is 3.82. The summed E-state index contributed by atoms with van der Waals surface area (Å²) < 4.78 is 0. The van der Waals surface area contributed by atoms with Crippen LogP contribution in [0.2, 0.25) is 0 Å². The highest BCUT2D eigenvalue weighted by molar-refractivity contribution is 6.01. The molecule has 3 nitrogen and oxygen atoms in total. The molecule has 2 amide bonds. The minimum Gasteiger partial charge on any atom is -0.321 e. The molecule has 1 fully saturated rings. The fourth-order valence-electron chi connectivity index (χ4n) is 2.70. The Morgan fingerprint density at radius 1 is 1.19 bits per heavy atom. The molecule has 0 atom stereocenters. The van der Waals surface area contributed by atoms with E-state index in [1.807, 2.05) is 29.2 Å². The molecule has 21 heavy (non-hydrogen) atoms. The van der Waals surface area contributed by atoms with E-state index in [4.69, 9.17) is 0 Å². The molecule has 0 radical (unpaired) electrons. The number of nitrogens with one attached hydrogen (secondary N) is 1. The molecule has 0 heterocycles. The van der Waals surface area contributed by atoms with Gasteiger partial charge < -0.3 is 10.2 Å². The van der Waals surface area contributed by atoms with Crippen molar-refractivity contribution in [1.29, 1.82) is 0 Å². The lowest BCUT2D eigenvalue weighted by atomic mass is 10.1. The third-order valence-corrected chi connectivity index (χ3v) is 3.84. The summed E-state index contributed by atoms with van der Waals surface area (Å²) in [6, 6.07) is 14.6. The molecule has 1 aliphatic carbocycles. The standard InChI is InChI=1S/C18H22N2O/c1-13(2)12-20(15-10-11-15)18(21)19-17-9-5-7-14-6-3-4-8-16(14)17/h3-9,13,15H,10-12H2,1-2H3,(H,19,21). The van der Waals surface area contributed by atoms with E-state index in [-0.39, 0.29) is 6.03 Å². The van der Waals surface area contributed by atoms with Gasteiger partial charge in [-0.25, -0.2) is 4.79 Å². The van der Waals surface area contributed by atoms with Crippen molar-refractivity contribution in [2.24, 2.45) is 5.92 Å². The molecule has 0 unspecified atom stereocenters. The molecule has 1 aliphatic rings. The molecule has 2 aromatic carbocycles.